The first-order chi connectivity index (χ1) is 9.31. The molecular weight excluding hydrogens is 274 g/mol. The molecule has 1 N–H and O–H groups in total. The standard InChI is InChI=1S/C14H11N3S2/c18-14-9-2-1-3-10(9)16-13(17-14)8-6-12-11(15-7-8)4-5-19-12/h4-7H,1-3H2,(H,16,17,18). The van der Waals surface area contributed by atoms with Gasteiger partial charge in [0.1, 0.15) is 10.5 Å². The molecule has 0 fully saturated rings. The Morgan fingerprint density at radius 2 is 2.26 bits per heavy atom. The number of rotatable bonds is 1. The number of hydrogen-bond donors (Lipinski definition) is 1. The van der Waals surface area contributed by atoms with Gasteiger partial charge in [0.25, 0.3) is 0 Å². The van der Waals surface area contributed by atoms with E-state index in [2.05, 4.69) is 26.4 Å². The highest BCUT2D eigenvalue weighted by molar-refractivity contribution is 7.71. The van der Waals surface area contributed by atoms with Gasteiger partial charge < -0.3 is 4.98 Å². The molecular formula is C14H11N3S2. The molecule has 1 aliphatic carbocycles. The van der Waals surface area contributed by atoms with Crippen molar-refractivity contribution in [3.63, 3.8) is 0 Å². The molecule has 0 saturated heterocycles. The average molecular weight is 285 g/mol. The molecule has 0 spiro atoms. The quantitative estimate of drug-likeness (QED) is 0.689. The Bertz CT molecular complexity index is 832. The maximum atomic E-state index is 5.40. The van der Waals surface area contributed by atoms with Gasteiger partial charge in [-0.25, -0.2) is 4.98 Å². The first-order valence-corrected chi connectivity index (χ1v) is 7.56. The van der Waals surface area contributed by atoms with Gasteiger partial charge in [0.15, 0.2) is 0 Å². The molecule has 0 radical (unpaired) electrons. The van der Waals surface area contributed by atoms with Crippen LogP contribution in [0.1, 0.15) is 17.7 Å². The fraction of sp³-hybridized carbons (Fsp3) is 0.214. The van der Waals surface area contributed by atoms with Crippen LogP contribution in [0.3, 0.4) is 0 Å². The molecule has 3 aromatic rings. The summed E-state index contributed by atoms with van der Waals surface area (Å²) in [5, 5.41) is 2.06. The van der Waals surface area contributed by atoms with E-state index in [9.17, 15) is 0 Å². The summed E-state index contributed by atoms with van der Waals surface area (Å²) >= 11 is 7.09. The van der Waals surface area contributed by atoms with Crippen LogP contribution in [0.2, 0.25) is 0 Å². The third-order valence-corrected chi connectivity index (χ3v) is 4.73. The van der Waals surface area contributed by atoms with Crippen LogP contribution in [0.15, 0.2) is 23.7 Å². The van der Waals surface area contributed by atoms with Gasteiger partial charge in [-0.05, 0) is 36.8 Å². The summed E-state index contributed by atoms with van der Waals surface area (Å²) in [6.07, 6.45) is 5.16. The van der Waals surface area contributed by atoms with Crippen LogP contribution in [-0.2, 0) is 12.8 Å². The van der Waals surface area contributed by atoms with Gasteiger partial charge in [-0.3, -0.25) is 4.98 Å². The van der Waals surface area contributed by atoms with E-state index in [1.165, 1.54) is 22.4 Å². The Morgan fingerprint density at radius 1 is 1.32 bits per heavy atom. The number of aromatic nitrogens is 3. The predicted octanol–water partition coefficient (Wildman–Crippen LogP) is 3.90. The van der Waals surface area contributed by atoms with Gasteiger partial charge in [-0.1, -0.05) is 12.2 Å². The van der Waals surface area contributed by atoms with Crippen molar-refractivity contribution < 1.29 is 0 Å². The van der Waals surface area contributed by atoms with Gasteiger partial charge in [0, 0.05) is 23.0 Å². The molecule has 0 saturated carbocycles. The largest absolute Gasteiger partial charge is 0.343 e. The van der Waals surface area contributed by atoms with E-state index in [1.54, 1.807) is 11.3 Å². The predicted molar refractivity (Wildman–Crippen MR) is 80.1 cm³/mol. The molecule has 3 nitrogen and oxygen atoms in total. The Hall–Kier alpha value is -1.59. The summed E-state index contributed by atoms with van der Waals surface area (Å²) < 4.78 is 1.92. The zero-order valence-corrected chi connectivity index (χ0v) is 11.8. The van der Waals surface area contributed by atoms with Crippen LogP contribution in [0.25, 0.3) is 21.6 Å². The molecule has 0 aromatic carbocycles. The van der Waals surface area contributed by atoms with E-state index >= 15 is 0 Å². The first kappa shape index (κ1) is 11.3. The molecule has 1 aliphatic rings. The highest BCUT2D eigenvalue weighted by Crippen LogP contribution is 2.27. The van der Waals surface area contributed by atoms with E-state index in [4.69, 9.17) is 12.2 Å². The lowest BCUT2D eigenvalue weighted by atomic mass is 10.2. The first-order valence-electron chi connectivity index (χ1n) is 6.27. The SMILES string of the molecule is S=c1nc(-c2cnc3ccsc3c2)[nH]c2c1CCC2. The zero-order valence-electron chi connectivity index (χ0n) is 10.1. The number of fused-ring (bicyclic) bond motifs is 2. The van der Waals surface area contributed by atoms with Crippen LogP contribution in [0, 0.1) is 4.64 Å². The molecule has 0 unspecified atom stereocenters. The Labute approximate surface area is 119 Å². The van der Waals surface area contributed by atoms with Crippen LogP contribution in [0.5, 0.6) is 0 Å². The van der Waals surface area contributed by atoms with E-state index in [-0.39, 0.29) is 0 Å². The smallest absolute Gasteiger partial charge is 0.140 e. The fourth-order valence-electron chi connectivity index (χ4n) is 2.57. The number of pyridine rings is 1. The fourth-order valence-corrected chi connectivity index (χ4v) is 3.67. The normalized spacial score (nSPS) is 13.9. The average Bonchev–Trinajstić information content (AvgIpc) is 3.06. The van der Waals surface area contributed by atoms with Gasteiger partial charge in [0.05, 0.1) is 10.2 Å². The summed E-state index contributed by atoms with van der Waals surface area (Å²) in [7, 11) is 0. The lowest BCUT2D eigenvalue weighted by Crippen LogP contribution is -1.97. The highest BCUT2D eigenvalue weighted by atomic mass is 32.1. The molecule has 3 heterocycles. The van der Waals surface area contributed by atoms with Crippen molar-refractivity contribution in [1.29, 1.82) is 0 Å². The number of thiophene rings is 1. The monoisotopic (exact) mass is 285 g/mol. The van der Waals surface area contributed by atoms with Crippen molar-refractivity contribution in [3.8, 4) is 11.4 Å². The molecule has 4 rings (SSSR count). The summed E-state index contributed by atoms with van der Waals surface area (Å²) in [6, 6.07) is 4.16. The number of nitrogens with one attached hydrogen (secondary N) is 1. The third-order valence-electron chi connectivity index (χ3n) is 3.53. The number of hydrogen-bond acceptors (Lipinski definition) is 4. The second-order valence-electron chi connectivity index (χ2n) is 4.73. The van der Waals surface area contributed by atoms with Crippen molar-refractivity contribution in [1.82, 2.24) is 15.0 Å². The summed E-state index contributed by atoms with van der Waals surface area (Å²) in [5.74, 6) is 0.841. The second kappa shape index (κ2) is 4.21. The van der Waals surface area contributed by atoms with Crippen molar-refractivity contribution in [2.75, 3.05) is 0 Å². The van der Waals surface area contributed by atoms with Crippen LogP contribution >= 0.6 is 23.6 Å². The van der Waals surface area contributed by atoms with Crippen LogP contribution in [-0.4, -0.2) is 15.0 Å². The van der Waals surface area contributed by atoms with Gasteiger partial charge in [-0.15, -0.1) is 11.3 Å². The molecule has 0 atom stereocenters. The van der Waals surface area contributed by atoms with Crippen LogP contribution < -0.4 is 0 Å². The van der Waals surface area contributed by atoms with E-state index in [0.29, 0.717) is 0 Å². The zero-order chi connectivity index (χ0) is 12.8. The molecule has 94 valence electrons. The topological polar surface area (TPSA) is 41.6 Å². The van der Waals surface area contributed by atoms with Gasteiger partial charge >= 0.3 is 0 Å². The highest BCUT2D eigenvalue weighted by Gasteiger charge is 2.15. The second-order valence-corrected chi connectivity index (χ2v) is 6.06. The van der Waals surface area contributed by atoms with Gasteiger partial charge in [-0.2, -0.15) is 0 Å². The van der Waals surface area contributed by atoms with Crippen molar-refractivity contribution in [2.24, 2.45) is 0 Å². The molecule has 5 heteroatoms. The lowest BCUT2D eigenvalue weighted by molar-refractivity contribution is 0.899. The minimum Gasteiger partial charge on any atom is -0.343 e. The molecule has 0 amide bonds. The minimum atomic E-state index is 0.743. The molecule has 0 aliphatic heterocycles. The van der Waals surface area contributed by atoms with Crippen molar-refractivity contribution >= 4 is 33.8 Å². The Morgan fingerprint density at radius 3 is 3.21 bits per heavy atom. The number of H-pyrrole nitrogens is 1. The molecule has 3 aromatic heterocycles. The minimum absolute atomic E-state index is 0.743. The third kappa shape index (κ3) is 1.81. The lowest BCUT2D eigenvalue weighted by Gasteiger charge is -2.05. The van der Waals surface area contributed by atoms with Crippen LogP contribution in [0.4, 0.5) is 0 Å². The maximum absolute atomic E-state index is 5.40. The van der Waals surface area contributed by atoms with E-state index in [1.807, 2.05) is 12.3 Å². The van der Waals surface area contributed by atoms with Crippen molar-refractivity contribution in [3.05, 3.63) is 39.6 Å². The number of aryl methyl sites for hydroxylation is 1. The Kier molecular flexibility index (Phi) is 2.50. The van der Waals surface area contributed by atoms with E-state index in [0.717, 1.165) is 34.4 Å². The van der Waals surface area contributed by atoms with E-state index < -0.39 is 0 Å². The van der Waals surface area contributed by atoms with Crippen molar-refractivity contribution in [2.45, 2.75) is 19.3 Å². The summed E-state index contributed by atoms with van der Waals surface area (Å²) in [4.78, 5) is 12.4. The number of aromatic amines is 1. The summed E-state index contributed by atoms with van der Waals surface area (Å²) in [5.41, 5.74) is 4.52. The van der Waals surface area contributed by atoms with Gasteiger partial charge in [0.2, 0.25) is 0 Å². The molecule has 0 bridgehead atoms. The maximum Gasteiger partial charge on any atom is 0.140 e. The number of nitrogens with zero attached hydrogens (tertiary/aromatic N) is 2. The molecule has 19 heavy (non-hydrogen) atoms. The summed E-state index contributed by atoms with van der Waals surface area (Å²) in [6.45, 7) is 0. The Balaban J connectivity index is 1.92.